The average Bonchev–Trinajstić information content (AvgIpc) is 3.43. The van der Waals surface area contributed by atoms with Crippen molar-refractivity contribution in [2.75, 3.05) is 38.2 Å². The van der Waals surface area contributed by atoms with E-state index in [4.69, 9.17) is 5.10 Å². The van der Waals surface area contributed by atoms with Crippen molar-refractivity contribution in [1.29, 1.82) is 0 Å². The van der Waals surface area contributed by atoms with Crippen molar-refractivity contribution in [3.63, 3.8) is 0 Å². The van der Waals surface area contributed by atoms with Gasteiger partial charge in [-0.15, -0.1) is 0 Å². The minimum Gasteiger partial charge on any atom is -0.339 e. The molecule has 0 N–H and O–H groups in total. The van der Waals surface area contributed by atoms with Crippen molar-refractivity contribution >= 4 is 17.3 Å². The SMILES string of the molecule is CN(CCN1CCCC1)C(=O)C1=NN(c2ccccc2)C(c2ccccc2)C1. The van der Waals surface area contributed by atoms with Crippen LogP contribution in [-0.2, 0) is 4.79 Å². The first kappa shape index (κ1) is 18.7. The van der Waals surface area contributed by atoms with Gasteiger partial charge in [-0.2, -0.15) is 5.10 Å². The van der Waals surface area contributed by atoms with Crippen molar-refractivity contribution < 1.29 is 4.79 Å². The van der Waals surface area contributed by atoms with Crippen LogP contribution in [0, 0.1) is 0 Å². The fraction of sp³-hybridized carbons (Fsp3) is 0.391. The van der Waals surface area contributed by atoms with Crippen LogP contribution in [0.3, 0.4) is 0 Å². The van der Waals surface area contributed by atoms with E-state index in [0.29, 0.717) is 12.1 Å². The second-order valence-corrected chi connectivity index (χ2v) is 7.63. The van der Waals surface area contributed by atoms with E-state index >= 15 is 0 Å². The van der Waals surface area contributed by atoms with Gasteiger partial charge in [0.05, 0.1) is 11.7 Å². The number of benzene rings is 2. The van der Waals surface area contributed by atoms with E-state index in [1.807, 2.05) is 65.5 Å². The predicted octanol–water partition coefficient (Wildman–Crippen LogP) is 3.55. The second-order valence-electron chi connectivity index (χ2n) is 7.63. The Bertz CT molecular complexity index is 815. The summed E-state index contributed by atoms with van der Waals surface area (Å²) in [6.45, 7) is 4.00. The Morgan fingerprint density at radius 1 is 1.04 bits per heavy atom. The monoisotopic (exact) mass is 376 g/mol. The van der Waals surface area contributed by atoms with E-state index in [2.05, 4.69) is 17.0 Å². The van der Waals surface area contributed by atoms with E-state index < -0.39 is 0 Å². The van der Waals surface area contributed by atoms with Gasteiger partial charge in [-0.3, -0.25) is 9.80 Å². The number of hydrogen-bond donors (Lipinski definition) is 0. The van der Waals surface area contributed by atoms with Crippen LogP contribution in [-0.4, -0.2) is 54.6 Å². The van der Waals surface area contributed by atoms with Gasteiger partial charge >= 0.3 is 0 Å². The molecule has 1 unspecified atom stereocenters. The van der Waals surface area contributed by atoms with Crippen molar-refractivity contribution in [1.82, 2.24) is 9.80 Å². The third kappa shape index (κ3) is 4.09. The van der Waals surface area contributed by atoms with Crippen LogP contribution in [0.25, 0.3) is 0 Å². The molecule has 0 saturated carbocycles. The lowest BCUT2D eigenvalue weighted by Gasteiger charge is -2.23. The molecular weight excluding hydrogens is 348 g/mol. The fourth-order valence-electron chi connectivity index (χ4n) is 4.01. The molecule has 146 valence electrons. The van der Waals surface area contributed by atoms with Crippen LogP contribution < -0.4 is 5.01 Å². The van der Waals surface area contributed by atoms with Gasteiger partial charge in [0, 0.05) is 26.6 Å². The molecule has 0 aliphatic carbocycles. The number of rotatable bonds is 6. The summed E-state index contributed by atoms with van der Waals surface area (Å²) < 4.78 is 0. The summed E-state index contributed by atoms with van der Waals surface area (Å²) in [4.78, 5) is 17.3. The lowest BCUT2D eigenvalue weighted by Crippen LogP contribution is -2.38. The zero-order valence-electron chi connectivity index (χ0n) is 16.5. The summed E-state index contributed by atoms with van der Waals surface area (Å²) in [7, 11) is 1.89. The number of carbonyl (C=O) groups excluding carboxylic acids is 1. The molecule has 2 aromatic carbocycles. The number of likely N-dealkylation sites (tertiary alicyclic amines) is 1. The van der Waals surface area contributed by atoms with E-state index in [0.717, 1.165) is 31.9 Å². The minimum absolute atomic E-state index is 0.0403. The summed E-state index contributed by atoms with van der Waals surface area (Å²) in [5.74, 6) is 0.0403. The Balaban J connectivity index is 1.50. The van der Waals surface area contributed by atoms with E-state index in [9.17, 15) is 4.79 Å². The molecule has 5 heteroatoms. The number of para-hydroxylation sites is 1. The highest BCUT2D eigenvalue weighted by atomic mass is 16.2. The maximum atomic E-state index is 13.1. The largest absolute Gasteiger partial charge is 0.339 e. The van der Waals surface area contributed by atoms with Gasteiger partial charge in [-0.1, -0.05) is 48.5 Å². The number of anilines is 1. The quantitative estimate of drug-likeness (QED) is 0.774. The average molecular weight is 377 g/mol. The Morgan fingerprint density at radius 2 is 1.68 bits per heavy atom. The Kier molecular flexibility index (Phi) is 5.72. The standard InChI is InChI=1S/C23H28N4O/c1-25(16-17-26-14-8-9-15-26)23(28)21-18-22(19-10-4-2-5-11-19)27(24-21)20-12-6-3-7-13-20/h2-7,10-13,22H,8-9,14-18H2,1H3. The van der Waals surface area contributed by atoms with Crippen LogP contribution in [0.15, 0.2) is 65.8 Å². The molecule has 5 nitrogen and oxygen atoms in total. The molecule has 0 aromatic heterocycles. The van der Waals surface area contributed by atoms with Crippen LogP contribution >= 0.6 is 0 Å². The molecular formula is C23H28N4O. The summed E-state index contributed by atoms with van der Waals surface area (Å²) in [5, 5.41) is 6.76. The number of nitrogens with zero attached hydrogens (tertiary/aromatic N) is 4. The second kappa shape index (κ2) is 8.57. The van der Waals surface area contributed by atoms with E-state index in [1.54, 1.807) is 0 Å². The summed E-state index contributed by atoms with van der Waals surface area (Å²) in [6, 6.07) is 20.5. The molecule has 2 aromatic rings. The van der Waals surface area contributed by atoms with Crippen LogP contribution in [0.2, 0.25) is 0 Å². The zero-order chi connectivity index (χ0) is 19.3. The van der Waals surface area contributed by atoms with Crippen LogP contribution in [0.5, 0.6) is 0 Å². The number of carbonyl (C=O) groups is 1. The first-order valence-corrected chi connectivity index (χ1v) is 10.2. The Morgan fingerprint density at radius 3 is 2.36 bits per heavy atom. The summed E-state index contributed by atoms with van der Waals surface area (Å²) in [6.07, 6.45) is 3.18. The number of hydrazone groups is 1. The molecule has 2 heterocycles. The topological polar surface area (TPSA) is 39.1 Å². The predicted molar refractivity (Wildman–Crippen MR) is 113 cm³/mol. The van der Waals surface area contributed by atoms with E-state index in [1.165, 1.54) is 18.4 Å². The normalized spacial score (nSPS) is 19.7. The summed E-state index contributed by atoms with van der Waals surface area (Å²) >= 11 is 0. The lowest BCUT2D eigenvalue weighted by atomic mass is 10.0. The molecule has 1 saturated heterocycles. The van der Waals surface area contributed by atoms with E-state index in [-0.39, 0.29) is 11.9 Å². The fourth-order valence-corrected chi connectivity index (χ4v) is 4.01. The maximum Gasteiger partial charge on any atom is 0.269 e. The molecule has 0 spiro atoms. The van der Waals surface area contributed by atoms with Crippen molar-refractivity contribution in [2.24, 2.45) is 5.10 Å². The zero-order valence-corrected chi connectivity index (χ0v) is 16.5. The van der Waals surface area contributed by atoms with Gasteiger partial charge in [0.15, 0.2) is 0 Å². The number of amides is 1. The Labute approximate surface area is 167 Å². The minimum atomic E-state index is 0.0403. The van der Waals surface area contributed by atoms with Crippen molar-refractivity contribution in [3.8, 4) is 0 Å². The first-order valence-electron chi connectivity index (χ1n) is 10.2. The lowest BCUT2D eigenvalue weighted by molar-refractivity contribution is -0.123. The van der Waals surface area contributed by atoms with Crippen molar-refractivity contribution in [3.05, 3.63) is 66.2 Å². The molecule has 2 aliphatic rings. The molecule has 1 atom stereocenters. The molecule has 0 bridgehead atoms. The maximum absolute atomic E-state index is 13.1. The van der Waals surface area contributed by atoms with Gasteiger partial charge in [0.25, 0.3) is 5.91 Å². The number of likely N-dealkylation sites (N-methyl/N-ethyl adjacent to an activating group) is 1. The van der Waals surface area contributed by atoms with Crippen molar-refractivity contribution in [2.45, 2.75) is 25.3 Å². The highest BCUT2D eigenvalue weighted by molar-refractivity contribution is 6.39. The van der Waals surface area contributed by atoms with Gasteiger partial charge in [0.1, 0.15) is 5.71 Å². The third-order valence-electron chi connectivity index (χ3n) is 5.66. The molecule has 4 rings (SSSR count). The first-order chi connectivity index (χ1) is 13.7. The molecule has 28 heavy (non-hydrogen) atoms. The van der Waals surface area contributed by atoms with Gasteiger partial charge in [0.2, 0.25) is 0 Å². The summed E-state index contributed by atoms with van der Waals surface area (Å²) in [5.41, 5.74) is 2.83. The smallest absolute Gasteiger partial charge is 0.269 e. The highest BCUT2D eigenvalue weighted by Gasteiger charge is 2.33. The molecule has 1 fully saturated rings. The number of hydrogen-bond acceptors (Lipinski definition) is 4. The molecule has 2 aliphatic heterocycles. The molecule has 1 amide bonds. The highest BCUT2D eigenvalue weighted by Crippen LogP contribution is 2.35. The van der Waals surface area contributed by atoms with Gasteiger partial charge < -0.3 is 9.80 Å². The third-order valence-corrected chi connectivity index (χ3v) is 5.66. The van der Waals surface area contributed by atoms with Crippen LogP contribution in [0.4, 0.5) is 5.69 Å². The van der Waals surface area contributed by atoms with Gasteiger partial charge in [-0.25, -0.2) is 0 Å². The Hall–Kier alpha value is -2.66. The van der Waals surface area contributed by atoms with Crippen LogP contribution in [0.1, 0.15) is 30.9 Å². The molecule has 0 radical (unpaired) electrons. The van der Waals surface area contributed by atoms with Gasteiger partial charge in [-0.05, 0) is 43.6 Å².